The van der Waals surface area contributed by atoms with Crippen LogP contribution in [-0.4, -0.2) is 12.1 Å². The Hall–Kier alpha value is -3.45. The van der Waals surface area contributed by atoms with Crippen molar-refractivity contribution in [2.45, 2.75) is 39.0 Å². The molecule has 3 rings (SSSR count). The van der Waals surface area contributed by atoms with Crippen molar-refractivity contribution in [3.8, 4) is 6.07 Å². The van der Waals surface area contributed by atoms with Gasteiger partial charge in [-0.05, 0) is 86.8 Å². The van der Waals surface area contributed by atoms with Crippen LogP contribution in [0.1, 0.15) is 50.2 Å². The summed E-state index contributed by atoms with van der Waals surface area (Å²) in [5.74, 6) is 0.651. The number of carbonyl (C=O) groups is 1. The predicted molar refractivity (Wildman–Crippen MR) is 133 cm³/mol. The summed E-state index contributed by atoms with van der Waals surface area (Å²) in [5, 5.41) is 12.0. The van der Waals surface area contributed by atoms with Crippen molar-refractivity contribution in [2.24, 2.45) is 22.7 Å². The topological polar surface area (TPSA) is 65.2 Å². The van der Waals surface area contributed by atoms with Crippen molar-refractivity contribution in [1.29, 1.82) is 5.26 Å². The van der Waals surface area contributed by atoms with Crippen LogP contribution in [0, 0.1) is 29.1 Å². The van der Waals surface area contributed by atoms with Crippen molar-refractivity contribution >= 4 is 29.1 Å². The quantitative estimate of drug-likeness (QED) is 0.368. The van der Waals surface area contributed by atoms with Gasteiger partial charge in [-0.1, -0.05) is 30.9 Å². The van der Waals surface area contributed by atoms with E-state index in [1.54, 1.807) is 24.3 Å². The van der Waals surface area contributed by atoms with Gasteiger partial charge >= 0.3 is 0 Å². The zero-order valence-electron chi connectivity index (χ0n) is 18.8. The molecule has 164 valence electrons. The average molecular weight is 426 g/mol. The van der Waals surface area contributed by atoms with Gasteiger partial charge in [0.15, 0.2) is 0 Å². The van der Waals surface area contributed by atoms with Crippen molar-refractivity contribution in [3.05, 3.63) is 78.9 Å². The Morgan fingerprint density at radius 2 is 1.88 bits per heavy atom. The van der Waals surface area contributed by atoms with E-state index in [9.17, 15) is 4.79 Å². The van der Waals surface area contributed by atoms with Gasteiger partial charge in [0.25, 0.3) is 0 Å². The summed E-state index contributed by atoms with van der Waals surface area (Å²) in [6.45, 7) is 10.2. The van der Waals surface area contributed by atoms with Crippen LogP contribution in [0.5, 0.6) is 0 Å². The van der Waals surface area contributed by atoms with Gasteiger partial charge in [0, 0.05) is 23.4 Å². The number of rotatable bonds is 8. The minimum atomic E-state index is -0.102. The molecule has 2 aromatic rings. The molecule has 0 spiro atoms. The van der Waals surface area contributed by atoms with Gasteiger partial charge < -0.3 is 5.32 Å². The maximum atomic E-state index is 13.1. The highest BCUT2D eigenvalue weighted by molar-refractivity contribution is 5.93. The molecule has 1 atom stereocenters. The van der Waals surface area contributed by atoms with Crippen LogP contribution in [0.15, 0.2) is 72.8 Å². The number of hydrogen-bond donors (Lipinski definition) is 1. The summed E-state index contributed by atoms with van der Waals surface area (Å²) in [6.07, 6.45) is 8.33. The Morgan fingerprint density at radius 3 is 2.50 bits per heavy atom. The maximum absolute atomic E-state index is 13.1. The van der Waals surface area contributed by atoms with Crippen molar-refractivity contribution in [2.75, 3.05) is 5.32 Å². The molecule has 1 aliphatic carbocycles. The maximum Gasteiger partial charge on any atom is 0.228 e. The van der Waals surface area contributed by atoms with Gasteiger partial charge in [-0.25, -0.2) is 0 Å². The van der Waals surface area contributed by atoms with Crippen LogP contribution in [0.2, 0.25) is 0 Å². The SMILES string of the molecule is C=CCC(C(=O)Nc1ccc(C#N)cc1)C1CCC(C(=C)c2ccccc2N=CC)CC1. The lowest BCUT2D eigenvalue weighted by Gasteiger charge is -2.34. The molecule has 0 radical (unpaired) electrons. The molecule has 0 saturated heterocycles. The number of hydrogen-bond acceptors (Lipinski definition) is 3. The minimum Gasteiger partial charge on any atom is -0.326 e. The Kier molecular flexibility index (Phi) is 8.16. The number of benzene rings is 2. The number of aliphatic imine (C=N–C) groups is 1. The van der Waals surface area contributed by atoms with Crippen molar-refractivity contribution in [1.82, 2.24) is 0 Å². The number of nitrogens with one attached hydrogen (secondary N) is 1. The highest BCUT2D eigenvalue weighted by Gasteiger charge is 2.32. The zero-order valence-corrected chi connectivity index (χ0v) is 18.8. The third-order valence-electron chi connectivity index (χ3n) is 6.39. The van der Waals surface area contributed by atoms with Gasteiger partial charge in [0.05, 0.1) is 17.3 Å². The normalized spacial score (nSPS) is 19.1. The molecule has 1 unspecified atom stereocenters. The van der Waals surface area contributed by atoms with Crippen LogP contribution in [0.4, 0.5) is 11.4 Å². The predicted octanol–water partition coefficient (Wildman–Crippen LogP) is 6.93. The van der Waals surface area contributed by atoms with Gasteiger partial charge in [0.1, 0.15) is 0 Å². The molecule has 0 heterocycles. The van der Waals surface area contributed by atoms with E-state index in [1.165, 1.54) is 0 Å². The number of nitriles is 1. The number of carbonyl (C=O) groups excluding carboxylic acids is 1. The Morgan fingerprint density at radius 1 is 1.19 bits per heavy atom. The third kappa shape index (κ3) is 5.62. The number of amides is 1. The molecule has 1 amide bonds. The second-order valence-corrected chi connectivity index (χ2v) is 8.35. The van der Waals surface area contributed by atoms with Crippen molar-refractivity contribution < 1.29 is 4.79 Å². The van der Waals surface area contributed by atoms with Crippen LogP contribution in [-0.2, 0) is 4.79 Å². The molecule has 1 saturated carbocycles. The highest BCUT2D eigenvalue weighted by Crippen LogP contribution is 2.42. The van der Waals surface area contributed by atoms with E-state index in [-0.39, 0.29) is 11.8 Å². The smallest absolute Gasteiger partial charge is 0.228 e. The second kappa shape index (κ2) is 11.2. The summed E-state index contributed by atoms with van der Waals surface area (Å²) >= 11 is 0. The van der Waals surface area contributed by atoms with E-state index in [0.29, 0.717) is 23.8 Å². The summed E-state index contributed by atoms with van der Waals surface area (Å²) in [6, 6.07) is 17.3. The van der Waals surface area contributed by atoms with E-state index >= 15 is 0 Å². The fourth-order valence-electron chi connectivity index (χ4n) is 4.64. The van der Waals surface area contributed by atoms with Gasteiger partial charge in [-0.15, -0.1) is 6.58 Å². The lowest BCUT2D eigenvalue weighted by molar-refractivity contribution is -0.121. The number of anilines is 1. The number of allylic oxidation sites excluding steroid dienone is 2. The van der Waals surface area contributed by atoms with E-state index in [4.69, 9.17) is 5.26 Å². The summed E-state index contributed by atoms with van der Waals surface area (Å²) < 4.78 is 0. The van der Waals surface area contributed by atoms with Crippen LogP contribution >= 0.6 is 0 Å². The van der Waals surface area contributed by atoms with E-state index in [0.717, 1.165) is 48.2 Å². The summed E-state index contributed by atoms with van der Waals surface area (Å²) in [7, 11) is 0. The molecule has 2 aromatic carbocycles. The van der Waals surface area contributed by atoms with Gasteiger partial charge in [-0.2, -0.15) is 5.26 Å². The average Bonchev–Trinajstić information content (AvgIpc) is 2.83. The molecule has 0 bridgehead atoms. The van der Waals surface area contributed by atoms with Crippen LogP contribution in [0.25, 0.3) is 5.57 Å². The monoisotopic (exact) mass is 425 g/mol. The summed E-state index contributed by atoms with van der Waals surface area (Å²) in [4.78, 5) is 17.5. The minimum absolute atomic E-state index is 0.0273. The van der Waals surface area contributed by atoms with Crippen LogP contribution < -0.4 is 5.32 Å². The summed E-state index contributed by atoms with van der Waals surface area (Å²) in [5.41, 5.74) is 4.53. The lowest BCUT2D eigenvalue weighted by Crippen LogP contribution is -2.31. The number of para-hydroxylation sites is 1. The fraction of sp³-hybridized carbons (Fsp3) is 0.321. The van der Waals surface area contributed by atoms with Gasteiger partial charge in [0.2, 0.25) is 5.91 Å². The molecule has 0 aromatic heterocycles. The molecule has 1 fully saturated rings. The second-order valence-electron chi connectivity index (χ2n) is 8.35. The molecule has 1 N–H and O–H groups in total. The fourth-order valence-corrected chi connectivity index (χ4v) is 4.64. The first-order valence-electron chi connectivity index (χ1n) is 11.3. The molecule has 4 nitrogen and oxygen atoms in total. The highest BCUT2D eigenvalue weighted by atomic mass is 16.1. The molecular weight excluding hydrogens is 394 g/mol. The Labute approximate surface area is 191 Å². The van der Waals surface area contributed by atoms with E-state index in [1.807, 2.05) is 37.4 Å². The number of nitrogens with zero attached hydrogens (tertiary/aromatic N) is 2. The molecule has 0 aliphatic heterocycles. The van der Waals surface area contributed by atoms with E-state index in [2.05, 4.69) is 35.6 Å². The molecule has 1 aliphatic rings. The first-order chi connectivity index (χ1) is 15.6. The first-order valence-corrected chi connectivity index (χ1v) is 11.3. The van der Waals surface area contributed by atoms with Gasteiger partial charge in [-0.3, -0.25) is 9.79 Å². The van der Waals surface area contributed by atoms with Crippen molar-refractivity contribution in [3.63, 3.8) is 0 Å². The molecular formula is C28H31N3O. The largest absolute Gasteiger partial charge is 0.326 e. The Balaban J connectivity index is 1.64. The van der Waals surface area contributed by atoms with E-state index < -0.39 is 0 Å². The standard InChI is InChI=1S/C28H31N3O/c1-4-8-26(28(32)31-24-17-11-21(19-29)12-18-24)23-15-13-22(14-16-23)20(3)25-9-6-7-10-27(25)30-5-2/h4-7,9-12,17-18,22-23,26H,1,3,8,13-16H2,2H3,(H,31,32). The Bertz CT molecular complexity index is 1020. The first kappa shape index (κ1) is 23.2. The van der Waals surface area contributed by atoms with Crippen LogP contribution in [0.3, 0.4) is 0 Å². The molecule has 4 heteroatoms. The molecule has 32 heavy (non-hydrogen) atoms. The zero-order chi connectivity index (χ0) is 22.9. The third-order valence-corrected chi connectivity index (χ3v) is 6.39. The lowest BCUT2D eigenvalue weighted by atomic mass is 9.71.